The molecule has 2 atom stereocenters. The third-order valence-corrected chi connectivity index (χ3v) is 3.49. The lowest BCUT2D eigenvalue weighted by atomic mass is 10.0. The van der Waals surface area contributed by atoms with Crippen molar-refractivity contribution in [1.82, 2.24) is 9.80 Å². The number of carbonyl (C=O) groups is 1. The number of ether oxygens (including phenoxy) is 1. The number of carbonyl (C=O) groups excluding carboxylic acids is 1. The highest BCUT2D eigenvalue weighted by Crippen LogP contribution is 2.19. The van der Waals surface area contributed by atoms with Crippen LogP contribution in [0.3, 0.4) is 0 Å². The van der Waals surface area contributed by atoms with E-state index < -0.39 is 0 Å². The number of hydrogen-bond donors (Lipinski definition) is 0. The van der Waals surface area contributed by atoms with E-state index >= 15 is 0 Å². The summed E-state index contributed by atoms with van der Waals surface area (Å²) in [5.41, 5.74) is 0. The first-order valence-corrected chi connectivity index (χ1v) is 5.98. The SMILES string of the molecule is COC(=O)CC1CN(C)C(C)CN1C(C)C. The molecule has 4 nitrogen and oxygen atoms in total. The van der Waals surface area contributed by atoms with Gasteiger partial charge >= 0.3 is 5.97 Å². The predicted octanol–water partition coefficient (Wildman–Crippen LogP) is 0.962. The van der Waals surface area contributed by atoms with Crippen molar-refractivity contribution in [2.45, 2.75) is 45.3 Å². The van der Waals surface area contributed by atoms with Gasteiger partial charge in [-0.05, 0) is 27.8 Å². The fraction of sp³-hybridized carbons (Fsp3) is 0.917. The van der Waals surface area contributed by atoms with E-state index in [4.69, 9.17) is 4.74 Å². The zero-order valence-corrected chi connectivity index (χ0v) is 11.1. The lowest BCUT2D eigenvalue weighted by Crippen LogP contribution is -2.58. The van der Waals surface area contributed by atoms with Gasteiger partial charge in [0.25, 0.3) is 0 Å². The molecule has 1 heterocycles. The molecule has 0 aromatic heterocycles. The van der Waals surface area contributed by atoms with Crippen LogP contribution in [0.1, 0.15) is 27.2 Å². The van der Waals surface area contributed by atoms with Crippen molar-refractivity contribution < 1.29 is 9.53 Å². The second-order valence-electron chi connectivity index (χ2n) is 5.01. The average molecular weight is 228 g/mol. The summed E-state index contributed by atoms with van der Waals surface area (Å²) in [4.78, 5) is 16.1. The molecule has 4 heteroatoms. The highest BCUT2D eigenvalue weighted by Gasteiger charge is 2.32. The van der Waals surface area contributed by atoms with Crippen molar-refractivity contribution in [1.29, 1.82) is 0 Å². The maximum Gasteiger partial charge on any atom is 0.307 e. The van der Waals surface area contributed by atoms with Crippen molar-refractivity contribution in [3.8, 4) is 0 Å². The van der Waals surface area contributed by atoms with Gasteiger partial charge in [0.15, 0.2) is 0 Å². The summed E-state index contributed by atoms with van der Waals surface area (Å²) < 4.78 is 4.76. The minimum Gasteiger partial charge on any atom is -0.469 e. The zero-order valence-electron chi connectivity index (χ0n) is 11.1. The minimum atomic E-state index is -0.112. The quantitative estimate of drug-likeness (QED) is 0.674. The Labute approximate surface area is 98.5 Å². The van der Waals surface area contributed by atoms with E-state index in [0.29, 0.717) is 18.5 Å². The number of piperazine rings is 1. The third-order valence-electron chi connectivity index (χ3n) is 3.49. The van der Waals surface area contributed by atoms with Crippen LogP contribution in [-0.4, -0.2) is 61.1 Å². The van der Waals surface area contributed by atoms with Gasteiger partial charge in [0.2, 0.25) is 0 Å². The molecule has 16 heavy (non-hydrogen) atoms. The van der Waals surface area contributed by atoms with Crippen molar-refractivity contribution in [2.24, 2.45) is 0 Å². The summed E-state index contributed by atoms with van der Waals surface area (Å²) in [6, 6.07) is 1.32. The first-order chi connectivity index (χ1) is 7.45. The fourth-order valence-electron chi connectivity index (χ4n) is 2.30. The number of esters is 1. The fourth-order valence-corrected chi connectivity index (χ4v) is 2.30. The lowest BCUT2D eigenvalue weighted by Gasteiger charge is -2.45. The molecule has 1 rings (SSSR count). The molecule has 1 fully saturated rings. The molecule has 0 spiro atoms. The average Bonchev–Trinajstić information content (AvgIpc) is 2.22. The molecule has 0 N–H and O–H groups in total. The number of methoxy groups -OCH3 is 1. The molecule has 1 aliphatic rings. The first-order valence-electron chi connectivity index (χ1n) is 5.98. The van der Waals surface area contributed by atoms with Crippen LogP contribution in [0, 0.1) is 0 Å². The molecule has 0 aromatic rings. The van der Waals surface area contributed by atoms with Crippen molar-refractivity contribution in [3.63, 3.8) is 0 Å². The van der Waals surface area contributed by atoms with Gasteiger partial charge < -0.3 is 9.64 Å². The van der Waals surface area contributed by atoms with Gasteiger partial charge in [0.1, 0.15) is 0 Å². The predicted molar refractivity (Wildman–Crippen MR) is 64.4 cm³/mol. The maximum atomic E-state index is 11.4. The van der Waals surface area contributed by atoms with Crippen LogP contribution in [-0.2, 0) is 9.53 Å². The van der Waals surface area contributed by atoms with Crippen LogP contribution < -0.4 is 0 Å². The van der Waals surface area contributed by atoms with E-state index in [1.807, 2.05) is 0 Å². The Bertz CT molecular complexity index is 243. The van der Waals surface area contributed by atoms with Crippen LogP contribution in [0.25, 0.3) is 0 Å². The van der Waals surface area contributed by atoms with Gasteiger partial charge in [0.05, 0.1) is 13.5 Å². The topological polar surface area (TPSA) is 32.8 Å². The Balaban J connectivity index is 2.66. The summed E-state index contributed by atoms with van der Waals surface area (Å²) in [5, 5.41) is 0. The van der Waals surface area contributed by atoms with E-state index in [9.17, 15) is 4.79 Å². The van der Waals surface area contributed by atoms with Crippen LogP contribution >= 0.6 is 0 Å². The Morgan fingerprint density at radius 3 is 2.56 bits per heavy atom. The van der Waals surface area contributed by atoms with Crippen LogP contribution in [0.2, 0.25) is 0 Å². The number of hydrogen-bond acceptors (Lipinski definition) is 4. The summed E-state index contributed by atoms with van der Waals surface area (Å²) in [6.45, 7) is 8.55. The minimum absolute atomic E-state index is 0.112. The highest BCUT2D eigenvalue weighted by molar-refractivity contribution is 5.70. The summed E-state index contributed by atoms with van der Waals surface area (Å²) in [6.07, 6.45) is 0.492. The van der Waals surface area contributed by atoms with E-state index in [0.717, 1.165) is 13.1 Å². The second kappa shape index (κ2) is 5.64. The van der Waals surface area contributed by atoms with Crippen molar-refractivity contribution in [3.05, 3.63) is 0 Å². The Hall–Kier alpha value is -0.610. The van der Waals surface area contributed by atoms with Gasteiger partial charge in [-0.1, -0.05) is 0 Å². The van der Waals surface area contributed by atoms with E-state index in [1.165, 1.54) is 7.11 Å². The molecule has 0 aliphatic carbocycles. The van der Waals surface area contributed by atoms with Gasteiger partial charge in [-0.2, -0.15) is 0 Å². The Kier molecular flexibility index (Phi) is 4.74. The smallest absolute Gasteiger partial charge is 0.307 e. The summed E-state index contributed by atoms with van der Waals surface area (Å²) >= 11 is 0. The Morgan fingerprint density at radius 2 is 2.06 bits per heavy atom. The first kappa shape index (κ1) is 13.5. The molecule has 1 aliphatic heterocycles. The van der Waals surface area contributed by atoms with Gasteiger partial charge in [0, 0.05) is 31.2 Å². The summed E-state index contributed by atoms with van der Waals surface area (Å²) in [7, 11) is 3.57. The molecule has 0 bridgehead atoms. The lowest BCUT2D eigenvalue weighted by molar-refractivity contribution is -0.143. The molecular weight excluding hydrogens is 204 g/mol. The van der Waals surface area contributed by atoms with Crippen LogP contribution in [0.15, 0.2) is 0 Å². The van der Waals surface area contributed by atoms with Gasteiger partial charge in [-0.3, -0.25) is 9.69 Å². The normalized spacial score (nSPS) is 28.4. The molecule has 94 valence electrons. The van der Waals surface area contributed by atoms with E-state index in [-0.39, 0.29) is 12.0 Å². The second-order valence-corrected chi connectivity index (χ2v) is 5.01. The van der Waals surface area contributed by atoms with Crippen molar-refractivity contribution >= 4 is 5.97 Å². The van der Waals surface area contributed by atoms with Crippen LogP contribution in [0.4, 0.5) is 0 Å². The molecule has 0 radical (unpaired) electrons. The molecule has 1 saturated heterocycles. The van der Waals surface area contributed by atoms with Crippen LogP contribution in [0.5, 0.6) is 0 Å². The monoisotopic (exact) mass is 228 g/mol. The number of nitrogens with zero attached hydrogens (tertiary/aromatic N) is 2. The molecule has 0 saturated carbocycles. The third kappa shape index (κ3) is 3.19. The van der Waals surface area contributed by atoms with Gasteiger partial charge in [-0.15, -0.1) is 0 Å². The van der Waals surface area contributed by atoms with Crippen molar-refractivity contribution in [2.75, 3.05) is 27.2 Å². The standard InChI is InChI=1S/C12H24N2O2/c1-9(2)14-7-10(3)13(4)8-11(14)6-12(15)16-5/h9-11H,6-8H2,1-5H3. The largest absolute Gasteiger partial charge is 0.469 e. The maximum absolute atomic E-state index is 11.4. The summed E-state index contributed by atoms with van der Waals surface area (Å²) in [5.74, 6) is -0.112. The number of rotatable bonds is 3. The number of likely N-dealkylation sites (N-methyl/N-ethyl adjacent to an activating group) is 1. The Morgan fingerprint density at radius 1 is 1.44 bits per heavy atom. The van der Waals surface area contributed by atoms with Gasteiger partial charge in [-0.25, -0.2) is 0 Å². The van der Waals surface area contributed by atoms with E-state index in [1.54, 1.807) is 0 Å². The molecule has 0 aromatic carbocycles. The zero-order chi connectivity index (χ0) is 12.3. The molecular formula is C12H24N2O2. The highest BCUT2D eigenvalue weighted by atomic mass is 16.5. The molecule has 2 unspecified atom stereocenters. The van der Waals surface area contributed by atoms with E-state index in [2.05, 4.69) is 37.6 Å². The molecule has 0 amide bonds.